The van der Waals surface area contributed by atoms with Gasteiger partial charge in [-0.3, -0.25) is 0 Å². The van der Waals surface area contributed by atoms with Gasteiger partial charge in [0, 0.05) is 14.1 Å². The second-order valence-electron chi connectivity index (χ2n) is 6.82. The highest BCUT2D eigenvalue weighted by Crippen LogP contribution is 2.41. The maximum absolute atomic E-state index is 12.0. The summed E-state index contributed by atoms with van der Waals surface area (Å²) in [6.45, 7) is 11.7. The summed E-state index contributed by atoms with van der Waals surface area (Å²) in [5.41, 5.74) is 2.30. The van der Waals surface area contributed by atoms with Crippen molar-refractivity contribution in [1.29, 1.82) is 0 Å². The van der Waals surface area contributed by atoms with E-state index in [0.717, 1.165) is 11.1 Å². The third-order valence-corrected chi connectivity index (χ3v) is 3.48. The van der Waals surface area contributed by atoms with Crippen LogP contribution in [0.3, 0.4) is 0 Å². The highest BCUT2D eigenvalue weighted by Gasteiger charge is 2.26. The smallest absolute Gasteiger partial charge is 0.434 e. The van der Waals surface area contributed by atoms with Crippen LogP contribution in [0, 0.1) is 13.8 Å². The maximum Gasteiger partial charge on any atom is 0.513 e. The average Bonchev–Trinajstić information content (AvgIpc) is 2.44. The van der Waals surface area contributed by atoms with Crippen LogP contribution in [0.5, 0.6) is 11.5 Å². The molecular formula is C18H27NO5. The van der Waals surface area contributed by atoms with Crippen molar-refractivity contribution in [2.45, 2.75) is 47.0 Å². The van der Waals surface area contributed by atoms with Gasteiger partial charge in [-0.1, -0.05) is 26.8 Å². The van der Waals surface area contributed by atoms with E-state index in [0.29, 0.717) is 5.56 Å². The van der Waals surface area contributed by atoms with Crippen molar-refractivity contribution < 1.29 is 23.8 Å². The molecule has 0 heterocycles. The van der Waals surface area contributed by atoms with Crippen LogP contribution in [0.25, 0.3) is 0 Å². The zero-order chi connectivity index (χ0) is 18.7. The Kier molecular flexibility index (Phi) is 6.23. The lowest BCUT2D eigenvalue weighted by atomic mass is 9.82. The first-order chi connectivity index (χ1) is 11.0. The van der Waals surface area contributed by atoms with Gasteiger partial charge in [-0.25, -0.2) is 9.59 Å². The molecule has 1 aromatic rings. The Morgan fingerprint density at radius 3 is 2.12 bits per heavy atom. The van der Waals surface area contributed by atoms with Gasteiger partial charge in [-0.2, -0.15) is 0 Å². The van der Waals surface area contributed by atoms with Gasteiger partial charge in [-0.05, 0) is 42.9 Å². The van der Waals surface area contributed by atoms with Gasteiger partial charge in [0.25, 0.3) is 0 Å². The van der Waals surface area contributed by atoms with Crippen LogP contribution in [-0.4, -0.2) is 37.9 Å². The number of hydrogen-bond donors (Lipinski definition) is 0. The van der Waals surface area contributed by atoms with E-state index in [1.54, 1.807) is 27.9 Å². The fourth-order valence-corrected chi connectivity index (χ4v) is 2.30. The Morgan fingerprint density at radius 2 is 1.67 bits per heavy atom. The van der Waals surface area contributed by atoms with Crippen molar-refractivity contribution in [3.63, 3.8) is 0 Å². The average molecular weight is 337 g/mol. The van der Waals surface area contributed by atoms with E-state index in [9.17, 15) is 9.59 Å². The van der Waals surface area contributed by atoms with E-state index in [1.807, 2.05) is 13.0 Å². The lowest BCUT2D eigenvalue weighted by Crippen LogP contribution is -2.27. The molecule has 24 heavy (non-hydrogen) atoms. The zero-order valence-corrected chi connectivity index (χ0v) is 15.8. The van der Waals surface area contributed by atoms with Crippen molar-refractivity contribution in [3.8, 4) is 11.5 Å². The maximum atomic E-state index is 12.0. The lowest BCUT2D eigenvalue weighted by Gasteiger charge is -2.26. The van der Waals surface area contributed by atoms with Crippen LogP contribution in [0.2, 0.25) is 0 Å². The Morgan fingerprint density at radius 1 is 1.08 bits per heavy atom. The first kappa shape index (κ1) is 19.8. The second-order valence-corrected chi connectivity index (χ2v) is 6.82. The third-order valence-electron chi connectivity index (χ3n) is 3.48. The normalized spacial score (nSPS) is 11.0. The summed E-state index contributed by atoms with van der Waals surface area (Å²) in [6, 6.07) is 1.94. The van der Waals surface area contributed by atoms with Crippen molar-refractivity contribution >= 4 is 12.2 Å². The topological polar surface area (TPSA) is 65.1 Å². The number of aryl methyl sites for hydroxylation is 1. The summed E-state index contributed by atoms with van der Waals surface area (Å²) in [4.78, 5) is 25.1. The van der Waals surface area contributed by atoms with Crippen molar-refractivity contribution in [2.24, 2.45) is 0 Å². The molecule has 0 N–H and O–H groups in total. The molecule has 6 nitrogen and oxygen atoms in total. The van der Waals surface area contributed by atoms with Crippen molar-refractivity contribution in [1.82, 2.24) is 4.90 Å². The van der Waals surface area contributed by atoms with Gasteiger partial charge in [0.15, 0.2) is 11.5 Å². The van der Waals surface area contributed by atoms with E-state index >= 15 is 0 Å². The molecule has 0 aliphatic heterocycles. The van der Waals surface area contributed by atoms with Crippen LogP contribution in [0.15, 0.2) is 6.07 Å². The molecule has 0 unspecified atom stereocenters. The van der Waals surface area contributed by atoms with Crippen molar-refractivity contribution in [3.05, 3.63) is 22.8 Å². The number of ether oxygens (including phenoxy) is 3. The molecule has 0 saturated carbocycles. The molecule has 1 amide bonds. The van der Waals surface area contributed by atoms with Crippen LogP contribution in [0.4, 0.5) is 9.59 Å². The Bertz CT molecular complexity index is 629. The predicted molar refractivity (Wildman–Crippen MR) is 92.0 cm³/mol. The van der Waals surface area contributed by atoms with E-state index in [2.05, 4.69) is 20.8 Å². The van der Waals surface area contributed by atoms with Crippen molar-refractivity contribution in [2.75, 3.05) is 20.7 Å². The van der Waals surface area contributed by atoms with E-state index < -0.39 is 12.2 Å². The molecule has 0 spiro atoms. The lowest BCUT2D eigenvalue weighted by molar-refractivity contribution is 0.102. The summed E-state index contributed by atoms with van der Waals surface area (Å²) in [7, 11) is 3.17. The first-order valence-corrected chi connectivity index (χ1v) is 7.87. The Labute approximate surface area is 143 Å². The summed E-state index contributed by atoms with van der Waals surface area (Å²) in [6.07, 6.45) is -1.37. The minimum Gasteiger partial charge on any atom is -0.434 e. The summed E-state index contributed by atoms with van der Waals surface area (Å²) in [5.74, 6) is 0.445. The molecule has 0 atom stereocenters. The molecule has 0 saturated heterocycles. The molecule has 0 aliphatic carbocycles. The largest absolute Gasteiger partial charge is 0.513 e. The quantitative estimate of drug-likeness (QED) is 0.611. The molecule has 1 aromatic carbocycles. The second kappa shape index (κ2) is 7.55. The first-order valence-electron chi connectivity index (χ1n) is 7.87. The van der Waals surface area contributed by atoms with Gasteiger partial charge in [-0.15, -0.1) is 0 Å². The SMILES string of the molecule is CCOC(=O)Oc1c(C)cc(C(C)(C)C)c(C)c1OC(=O)N(C)C. The Balaban J connectivity index is 3.47. The van der Waals surface area contributed by atoms with Gasteiger partial charge < -0.3 is 19.1 Å². The fourth-order valence-electron chi connectivity index (χ4n) is 2.30. The Hall–Kier alpha value is -2.24. The fraction of sp³-hybridized carbons (Fsp3) is 0.556. The summed E-state index contributed by atoms with van der Waals surface area (Å²) < 4.78 is 15.6. The third kappa shape index (κ3) is 4.63. The molecule has 0 aliphatic rings. The number of carbonyl (C=O) groups excluding carboxylic acids is 2. The number of amides is 1. The van der Waals surface area contributed by atoms with E-state index in [4.69, 9.17) is 14.2 Å². The summed E-state index contributed by atoms with van der Waals surface area (Å²) >= 11 is 0. The molecule has 0 fully saturated rings. The zero-order valence-electron chi connectivity index (χ0n) is 15.8. The van der Waals surface area contributed by atoms with Gasteiger partial charge >= 0.3 is 12.2 Å². The number of nitrogens with zero attached hydrogens (tertiary/aromatic N) is 1. The highest BCUT2D eigenvalue weighted by atomic mass is 16.7. The number of hydrogen-bond acceptors (Lipinski definition) is 5. The molecule has 134 valence electrons. The van der Waals surface area contributed by atoms with Crippen LogP contribution in [-0.2, 0) is 10.2 Å². The number of benzene rings is 1. The van der Waals surface area contributed by atoms with Crippen LogP contribution in [0.1, 0.15) is 44.4 Å². The molecule has 0 aromatic heterocycles. The standard InChI is InChI=1S/C18H27NO5/c1-9-22-17(21)24-14-11(2)10-13(18(4,5)6)12(3)15(14)23-16(20)19(7)8/h10H,9H2,1-8H3. The molecule has 0 bridgehead atoms. The van der Waals surface area contributed by atoms with Gasteiger partial charge in [0.05, 0.1) is 6.61 Å². The molecule has 6 heteroatoms. The number of rotatable bonds is 3. The molecule has 1 rings (SSSR count). The minimum atomic E-state index is -0.828. The minimum absolute atomic E-state index is 0.156. The summed E-state index contributed by atoms with van der Waals surface area (Å²) in [5, 5.41) is 0. The number of carbonyl (C=O) groups is 2. The van der Waals surface area contributed by atoms with Gasteiger partial charge in [0.2, 0.25) is 0 Å². The highest BCUT2D eigenvalue weighted by molar-refractivity contribution is 5.75. The van der Waals surface area contributed by atoms with Crippen LogP contribution >= 0.6 is 0 Å². The molecular weight excluding hydrogens is 310 g/mol. The van der Waals surface area contributed by atoms with Gasteiger partial charge in [0.1, 0.15) is 0 Å². The molecule has 0 radical (unpaired) electrons. The predicted octanol–water partition coefficient (Wildman–Crippen LogP) is 4.20. The van der Waals surface area contributed by atoms with E-state index in [-0.39, 0.29) is 23.5 Å². The van der Waals surface area contributed by atoms with Crippen LogP contribution < -0.4 is 9.47 Å². The van der Waals surface area contributed by atoms with E-state index in [1.165, 1.54) is 4.90 Å². The monoisotopic (exact) mass is 337 g/mol.